The molecule has 0 fully saturated rings. The number of rotatable bonds is 7. The van der Waals surface area contributed by atoms with Gasteiger partial charge in [0.15, 0.2) is 10.9 Å². The molecule has 3 heterocycles. The van der Waals surface area contributed by atoms with Crippen molar-refractivity contribution in [3.63, 3.8) is 0 Å². The lowest BCUT2D eigenvalue weighted by Gasteiger charge is -2.10. The van der Waals surface area contributed by atoms with E-state index in [2.05, 4.69) is 32.7 Å². The van der Waals surface area contributed by atoms with Crippen molar-refractivity contribution in [1.29, 1.82) is 0 Å². The minimum absolute atomic E-state index is 0.0975. The molecule has 3 aromatic heterocycles. The largest absolute Gasteiger partial charge is 0.360 e. The topological polar surface area (TPSA) is 63.6 Å². The van der Waals surface area contributed by atoms with E-state index in [1.165, 1.54) is 16.6 Å². The van der Waals surface area contributed by atoms with Crippen LogP contribution in [0.3, 0.4) is 0 Å². The molecule has 1 unspecified atom stereocenters. The molecule has 5 nitrogen and oxygen atoms in total. The van der Waals surface area contributed by atoms with Gasteiger partial charge in [0.2, 0.25) is 0 Å². The molecule has 0 spiro atoms. The number of aromatic amines is 1. The highest BCUT2D eigenvalue weighted by molar-refractivity contribution is 8.00. The van der Waals surface area contributed by atoms with Gasteiger partial charge in [-0.1, -0.05) is 36.0 Å². The van der Waals surface area contributed by atoms with E-state index in [0.717, 1.165) is 34.6 Å². The highest BCUT2D eigenvalue weighted by Crippen LogP contribution is 2.27. The second-order valence-corrected chi connectivity index (χ2v) is 8.35. The predicted molar refractivity (Wildman–Crippen MR) is 106 cm³/mol. The Labute approximate surface area is 159 Å². The number of fused-ring (bicyclic) bond motifs is 1. The molecule has 4 rings (SSSR count). The minimum Gasteiger partial charge on any atom is -0.360 e. The number of thiophene rings is 1. The van der Waals surface area contributed by atoms with Gasteiger partial charge in [-0.3, -0.25) is 4.79 Å². The zero-order chi connectivity index (χ0) is 17.9. The third-order valence-electron chi connectivity index (χ3n) is 4.27. The number of carbonyl (C=O) groups is 1. The molecule has 0 bridgehead atoms. The van der Waals surface area contributed by atoms with Gasteiger partial charge in [0.05, 0.1) is 5.25 Å². The second kappa shape index (κ2) is 7.47. The fraction of sp³-hybridized carbons (Fsp3) is 0.211. The molecule has 0 aliphatic heterocycles. The van der Waals surface area contributed by atoms with Crippen LogP contribution in [0.15, 0.2) is 59.5 Å². The number of nitrogens with zero attached hydrogens (tertiary/aromatic N) is 3. The van der Waals surface area contributed by atoms with Gasteiger partial charge in [0.1, 0.15) is 6.33 Å². The molecule has 1 aromatic carbocycles. The Morgan fingerprint density at radius 2 is 2.19 bits per heavy atom. The molecule has 0 aliphatic rings. The summed E-state index contributed by atoms with van der Waals surface area (Å²) in [5.74, 6) is 0.0975. The third-order valence-corrected chi connectivity index (χ3v) is 6.30. The average molecular weight is 383 g/mol. The lowest BCUT2D eigenvalue weighted by Crippen LogP contribution is -2.14. The van der Waals surface area contributed by atoms with Crippen LogP contribution in [0.2, 0.25) is 0 Å². The lowest BCUT2D eigenvalue weighted by molar-refractivity contribution is 0.0995. The average Bonchev–Trinajstić information content (AvgIpc) is 3.40. The van der Waals surface area contributed by atoms with Crippen molar-refractivity contribution < 1.29 is 4.79 Å². The van der Waals surface area contributed by atoms with Crippen LogP contribution in [0, 0.1) is 0 Å². The van der Waals surface area contributed by atoms with Gasteiger partial charge in [-0.25, -0.2) is 0 Å². The molecule has 1 N–H and O–H groups in total. The zero-order valence-corrected chi connectivity index (χ0v) is 15.9. The first-order valence-corrected chi connectivity index (χ1v) is 10.2. The van der Waals surface area contributed by atoms with Crippen molar-refractivity contribution in [2.75, 3.05) is 0 Å². The van der Waals surface area contributed by atoms with Crippen molar-refractivity contribution in [2.45, 2.75) is 30.3 Å². The number of benzene rings is 1. The molecular formula is C19H18N4OS2. The zero-order valence-electron chi connectivity index (χ0n) is 14.3. The molecule has 0 radical (unpaired) electrons. The summed E-state index contributed by atoms with van der Waals surface area (Å²) in [4.78, 5) is 17.4. The molecule has 132 valence electrons. The fourth-order valence-electron chi connectivity index (χ4n) is 2.88. The Kier molecular flexibility index (Phi) is 4.90. The predicted octanol–water partition coefficient (Wildman–Crippen LogP) is 4.43. The maximum Gasteiger partial charge on any atom is 0.191 e. The molecule has 4 aromatic rings. The van der Waals surface area contributed by atoms with Crippen LogP contribution in [0.5, 0.6) is 0 Å². The van der Waals surface area contributed by atoms with E-state index in [-0.39, 0.29) is 11.0 Å². The van der Waals surface area contributed by atoms with Crippen LogP contribution >= 0.6 is 23.1 Å². The number of hydrogen-bond acceptors (Lipinski definition) is 5. The summed E-state index contributed by atoms with van der Waals surface area (Å²) in [6.07, 6.45) is 4.47. The van der Waals surface area contributed by atoms with E-state index in [1.807, 2.05) is 35.8 Å². The van der Waals surface area contributed by atoms with Crippen LogP contribution < -0.4 is 0 Å². The van der Waals surface area contributed by atoms with E-state index >= 15 is 0 Å². The summed E-state index contributed by atoms with van der Waals surface area (Å²) in [6, 6.07) is 12.0. The van der Waals surface area contributed by atoms with Gasteiger partial charge in [-0.2, -0.15) is 0 Å². The van der Waals surface area contributed by atoms with Crippen molar-refractivity contribution >= 4 is 39.8 Å². The van der Waals surface area contributed by atoms with E-state index < -0.39 is 0 Å². The van der Waals surface area contributed by atoms with E-state index in [1.54, 1.807) is 23.9 Å². The van der Waals surface area contributed by atoms with Crippen LogP contribution in [0.4, 0.5) is 0 Å². The number of aryl methyl sites for hydroxylation is 2. The number of Topliss-reactive ketones (excluding diaryl/α,β-unsaturated/α-hetero) is 1. The van der Waals surface area contributed by atoms with Crippen LogP contribution in [0.1, 0.15) is 22.2 Å². The molecule has 26 heavy (non-hydrogen) atoms. The molecule has 0 aliphatic carbocycles. The number of para-hydroxylation sites is 1. The van der Waals surface area contributed by atoms with Crippen molar-refractivity contribution in [1.82, 2.24) is 19.7 Å². The summed E-state index contributed by atoms with van der Waals surface area (Å²) in [5.41, 5.74) is 1.71. The highest BCUT2D eigenvalue weighted by Gasteiger charge is 2.21. The standard InChI is InChI=1S/C19H18N4OS2/c1-13(18(24)16-11-20-17-7-3-2-6-15(16)17)26-19-22-21-12-23(19)9-8-14-5-4-10-25-14/h2-7,10-13,20H,8-9H2,1H3. The number of aromatic nitrogens is 4. The number of carbonyl (C=O) groups excluding carboxylic acids is 1. The van der Waals surface area contributed by atoms with Crippen molar-refractivity contribution in [3.8, 4) is 0 Å². The van der Waals surface area contributed by atoms with Crippen molar-refractivity contribution in [2.24, 2.45) is 0 Å². The molecule has 7 heteroatoms. The Bertz CT molecular complexity index is 1020. The first-order valence-electron chi connectivity index (χ1n) is 8.39. The van der Waals surface area contributed by atoms with Gasteiger partial charge in [0.25, 0.3) is 0 Å². The van der Waals surface area contributed by atoms with E-state index in [9.17, 15) is 4.79 Å². The van der Waals surface area contributed by atoms with Gasteiger partial charge in [-0.15, -0.1) is 21.5 Å². The number of ketones is 1. The molecule has 1 atom stereocenters. The smallest absolute Gasteiger partial charge is 0.191 e. The Morgan fingerprint density at radius 1 is 1.31 bits per heavy atom. The van der Waals surface area contributed by atoms with Crippen molar-refractivity contribution in [3.05, 3.63) is 64.7 Å². The second-order valence-electron chi connectivity index (χ2n) is 6.01. The SMILES string of the molecule is CC(Sc1nncn1CCc1cccs1)C(=O)c1c[nH]c2ccccc12. The molecule has 0 amide bonds. The number of hydrogen-bond donors (Lipinski definition) is 1. The van der Waals surface area contributed by atoms with Crippen LogP contribution in [-0.4, -0.2) is 30.8 Å². The van der Waals surface area contributed by atoms with E-state index in [0.29, 0.717) is 0 Å². The quantitative estimate of drug-likeness (QED) is 0.379. The van der Waals surface area contributed by atoms with E-state index in [4.69, 9.17) is 0 Å². The maximum atomic E-state index is 12.9. The van der Waals surface area contributed by atoms with Crippen LogP contribution in [0.25, 0.3) is 10.9 Å². The van der Waals surface area contributed by atoms with Gasteiger partial charge < -0.3 is 9.55 Å². The first-order chi connectivity index (χ1) is 12.7. The maximum absolute atomic E-state index is 12.9. The summed E-state index contributed by atoms with van der Waals surface area (Å²) >= 11 is 3.21. The van der Waals surface area contributed by atoms with Gasteiger partial charge >= 0.3 is 0 Å². The van der Waals surface area contributed by atoms with Gasteiger partial charge in [0, 0.05) is 34.1 Å². The number of thioether (sulfide) groups is 1. The monoisotopic (exact) mass is 382 g/mol. The molecule has 0 saturated carbocycles. The Balaban J connectivity index is 1.47. The fourth-order valence-corrected chi connectivity index (χ4v) is 4.50. The summed E-state index contributed by atoms with van der Waals surface area (Å²) in [5, 5.41) is 11.8. The molecular weight excluding hydrogens is 364 g/mol. The number of H-pyrrole nitrogens is 1. The Hall–Kier alpha value is -2.38. The minimum atomic E-state index is -0.237. The molecule has 0 saturated heterocycles. The summed E-state index contributed by atoms with van der Waals surface area (Å²) in [6.45, 7) is 2.73. The van der Waals surface area contributed by atoms with Crippen LogP contribution in [-0.2, 0) is 13.0 Å². The summed E-state index contributed by atoms with van der Waals surface area (Å²) < 4.78 is 2.02. The Morgan fingerprint density at radius 3 is 3.04 bits per heavy atom. The number of nitrogens with one attached hydrogen (secondary N) is 1. The first kappa shape index (κ1) is 17.1. The summed E-state index contributed by atoms with van der Waals surface area (Å²) in [7, 11) is 0. The normalized spacial score (nSPS) is 12.5. The third kappa shape index (κ3) is 3.45. The highest BCUT2D eigenvalue weighted by atomic mass is 32.2. The van der Waals surface area contributed by atoms with Gasteiger partial charge in [-0.05, 0) is 30.9 Å². The lowest BCUT2D eigenvalue weighted by atomic mass is 10.1.